The van der Waals surface area contributed by atoms with Gasteiger partial charge < -0.3 is 15.2 Å². The first kappa shape index (κ1) is 14.2. The number of rotatable bonds is 5. The highest BCUT2D eigenvalue weighted by molar-refractivity contribution is 5.79. The summed E-state index contributed by atoms with van der Waals surface area (Å²) < 4.78 is 2.04. The third-order valence-electron chi connectivity index (χ3n) is 2.96. The minimum Gasteiger partial charge on any atom is -0.357 e. The predicted molar refractivity (Wildman–Crippen MR) is 83.5 cm³/mol. The lowest BCUT2D eigenvalue weighted by molar-refractivity contribution is 0.815. The van der Waals surface area contributed by atoms with Crippen LogP contribution in [-0.4, -0.2) is 17.1 Å². The quantitative estimate of drug-likeness (QED) is 0.646. The highest BCUT2D eigenvalue weighted by Crippen LogP contribution is 2.01. The maximum absolute atomic E-state index is 4.59. The van der Waals surface area contributed by atoms with Gasteiger partial charge in [0.2, 0.25) is 0 Å². The lowest BCUT2D eigenvalue weighted by Crippen LogP contribution is -2.36. The van der Waals surface area contributed by atoms with Gasteiger partial charge in [-0.15, -0.1) is 0 Å². The van der Waals surface area contributed by atoms with Gasteiger partial charge in [0.05, 0.1) is 6.54 Å². The summed E-state index contributed by atoms with van der Waals surface area (Å²) in [6, 6.07) is 12.4. The molecule has 0 fully saturated rings. The number of nitrogens with zero attached hydrogens (tertiary/aromatic N) is 2. The van der Waals surface area contributed by atoms with Crippen molar-refractivity contribution in [1.82, 2.24) is 15.2 Å². The second-order valence-corrected chi connectivity index (χ2v) is 4.72. The van der Waals surface area contributed by atoms with E-state index in [4.69, 9.17) is 0 Å². The number of nitrogens with one attached hydrogen (secondary N) is 2. The normalized spacial score (nSPS) is 11.4. The van der Waals surface area contributed by atoms with Gasteiger partial charge in [0.15, 0.2) is 5.96 Å². The molecular formula is C16H22N4. The fraction of sp³-hybridized carbons (Fsp3) is 0.312. The fourth-order valence-electron chi connectivity index (χ4n) is 1.95. The molecular weight excluding hydrogens is 248 g/mol. The highest BCUT2D eigenvalue weighted by atomic mass is 15.2. The van der Waals surface area contributed by atoms with Gasteiger partial charge in [-0.05, 0) is 24.1 Å². The summed E-state index contributed by atoms with van der Waals surface area (Å²) in [4.78, 5) is 4.59. The molecule has 0 spiro atoms. The number of guanidine groups is 1. The molecule has 106 valence electrons. The maximum Gasteiger partial charge on any atom is 0.191 e. The van der Waals surface area contributed by atoms with Crippen molar-refractivity contribution in [2.24, 2.45) is 12.0 Å². The molecule has 0 amide bonds. The van der Waals surface area contributed by atoms with E-state index in [9.17, 15) is 0 Å². The van der Waals surface area contributed by atoms with Gasteiger partial charge in [0.25, 0.3) is 0 Å². The zero-order valence-corrected chi connectivity index (χ0v) is 12.1. The summed E-state index contributed by atoms with van der Waals surface area (Å²) in [5.41, 5.74) is 2.46. The smallest absolute Gasteiger partial charge is 0.191 e. The Hall–Kier alpha value is -2.23. The van der Waals surface area contributed by atoms with Gasteiger partial charge in [-0.25, -0.2) is 4.99 Å². The molecule has 0 saturated heterocycles. The largest absolute Gasteiger partial charge is 0.357 e. The fourth-order valence-corrected chi connectivity index (χ4v) is 1.95. The third kappa shape index (κ3) is 4.46. The van der Waals surface area contributed by atoms with Gasteiger partial charge >= 0.3 is 0 Å². The van der Waals surface area contributed by atoms with Gasteiger partial charge in [-0.2, -0.15) is 0 Å². The first-order chi connectivity index (χ1) is 9.78. The number of hydrogen-bond acceptors (Lipinski definition) is 1. The molecule has 20 heavy (non-hydrogen) atoms. The van der Waals surface area contributed by atoms with E-state index in [0.717, 1.165) is 19.0 Å². The van der Waals surface area contributed by atoms with E-state index in [-0.39, 0.29) is 0 Å². The Labute approximate surface area is 120 Å². The molecule has 1 heterocycles. The summed E-state index contributed by atoms with van der Waals surface area (Å²) in [7, 11) is 2.02. The van der Waals surface area contributed by atoms with E-state index >= 15 is 0 Å². The highest BCUT2D eigenvalue weighted by Gasteiger charge is 1.99. The van der Waals surface area contributed by atoms with Crippen molar-refractivity contribution in [2.75, 3.05) is 6.54 Å². The van der Waals surface area contributed by atoms with Crippen LogP contribution in [-0.2, 0) is 20.1 Å². The van der Waals surface area contributed by atoms with Gasteiger partial charge in [-0.1, -0.05) is 30.3 Å². The van der Waals surface area contributed by atoms with Crippen LogP contribution in [0.2, 0.25) is 0 Å². The van der Waals surface area contributed by atoms with E-state index < -0.39 is 0 Å². The van der Waals surface area contributed by atoms with Crippen molar-refractivity contribution >= 4 is 5.96 Å². The molecule has 1 aromatic heterocycles. The molecule has 0 radical (unpaired) electrons. The zero-order chi connectivity index (χ0) is 14.2. The number of hydrogen-bond donors (Lipinski definition) is 2. The first-order valence-corrected chi connectivity index (χ1v) is 6.95. The van der Waals surface area contributed by atoms with Gasteiger partial charge in [-0.3, -0.25) is 0 Å². The van der Waals surface area contributed by atoms with E-state index in [1.54, 1.807) is 0 Å². The Kier molecular flexibility index (Phi) is 5.24. The Balaban J connectivity index is 1.92. The summed E-state index contributed by atoms with van der Waals surface area (Å²) in [6.07, 6.45) is 4.12. The molecule has 2 N–H and O–H groups in total. The van der Waals surface area contributed by atoms with E-state index in [0.29, 0.717) is 6.54 Å². The predicted octanol–water partition coefficient (Wildman–Crippen LogP) is 2.28. The molecule has 0 aliphatic rings. The number of aromatic nitrogens is 1. The van der Waals surface area contributed by atoms with Crippen molar-refractivity contribution in [3.05, 3.63) is 59.9 Å². The van der Waals surface area contributed by atoms with Crippen molar-refractivity contribution in [3.8, 4) is 0 Å². The first-order valence-electron chi connectivity index (χ1n) is 6.95. The molecule has 4 heteroatoms. The second kappa shape index (κ2) is 7.38. The average Bonchev–Trinajstić information content (AvgIpc) is 2.89. The van der Waals surface area contributed by atoms with Crippen molar-refractivity contribution < 1.29 is 0 Å². The monoisotopic (exact) mass is 270 g/mol. The number of benzene rings is 1. The summed E-state index contributed by atoms with van der Waals surface area (Å²) in [5, 5.41) is 6.61. The molecule has 0 saturated carbocycles. The van der Waals surface area contributed by atoms with E-state index in [1.165, 1.54) is 11.1 Å². The van der Waals surface area contributed by atoms with Gasteiger partial charge in [0.1, 0.15) is 0 Å². The molecule has 0 aliphatic heterocycles. The van der Waals surface area contributed by atoms with Crippen LogP contribution in [0.4, 0.5) is 0 Å². The van der Waals surface area contributed by atoms with E-state index in [2.05, 4.69) is 46.9 Å². The van der Waals surface area contributed by atoms with Crippen molar-refractivity contribution in [2.45, 2.75) is 20.0 Å². The standard InChI is InChI=1S/C16H22N4/c1-3-17-16(18-11-14-7-5-4-6-8-14)19-12-15-9-10-20(2)13-15/h4-10,13H,3,11-12H2,1-2H3,(H2,17,18,19). The van der Waals surface area contributed by atoms with Crippen LogP contribution in [0.3, 0.4) is 0 Å². The Morgan fingerprint density at radius 1 is 1.10 bits per heavy atom. The Morgan fingerprint density at radius 2 is 1.90 bits per heavy atom. The van der Waals surface area contributed by atoms with Crippen molar-refractivity contribution in [3.63, 3.8) is 0 Å². The maximum atomic E-state index is 4.59. The minimum atomic E-state index is 0.685. The van der Waals surface area contributed by atoms with Crippen LogP contribution in [0, 0.1) is 0 Å². The van der Waals surface area contributed by atoms with Crippen LogP contribution in [0.1, 0.15) is 18.1 Å². The molecule has 2 aromatic rings. The van der Waals surface area contributed by atoms with Crippen LogP contribution in [0.25, 0.3) is 0 Å². The summed E-state index contributed by atoms with van der Waals surface area (Å²) in [6.45, 7) is 4.39. The molecule has 2 rings (SSSR count). The third-order valence-corrected chi connectivity index (χ3v) is 2.96. The summed E-state index contributed by atoms with van der Waals surface area (Å²) >= 11 is 0. The lowest BCUT2D eigenvalue weighted by Gasteiger charge is -2.11. The molecule has 0 bridgehead atoms. The Morgan fingerprint density at radius 3 is 2.55 bits per heavy atom. The van der Waals surface area contributed by atoms with Crippen LogP contribution < -0.4 is 10.6 Å². The number of aliphatic imine (C=N–C) groups is 1. The average molecular weight is 270 g/mol. The SMILES string of the molecule is CCNC(=NCc1ccn(C)c1)NCc1ccccc1. The van der Waals surface area contributed by atoms with Crippen LogP contribution >= 0.6 is 0 Å². The summed E-state index contributed by atoms with van der Waals surface area (Å²) in [5.74, 6) is 0.847. The number of aryl methyl sites for hydroxylation is 1. The molecule has 1 aromatic carbocycles. The minimum absolute atomic E-state index is 0.685. The van der Waals surface area contributed by atoms with E-state index in [1.807, 2.05) is 36.0 Å². The molecule has 0 unspecified atom stereocenters. The molecule has 0 atom stereocenters. The van der Waals surface area contributed by atoms with Crippen molar-refractivity contribution in [1.29, 1.82) is 0 Å². The van der Waals surface area contributed by atoms with Gasteiger partial charge in [0, 0.05) is 32.5 Å². The van der Waals surface area contributed by atoms with Crippen LogP contribution in [0.5, 0.6) is 0 Å². The Bertz CT molecular complexity index is 543. The molecule has 4 nitrogen and oxygen atoms in total. The second-order valence-electron chi connectivity index (χ2n) is 4.72. The van der Waals surface area contributed by atoms with Crippen LogP contribution in [0.15, 0.2) is 53.8 Å². The molecule has 0 aliphatic carbocycles. The topological polar surface area (TPSA) is 41.4 Å². The lowest BCUT2D eigenvalue weighted by atomic mass is 10.2. The zero-order valence-electron chi connectivity index (χ0n) is 12.1.